The van der Waals surface area contributed by atoms with Crippen LogP contribution in [0.15, 0.2) is 23.3 Å². The van der Waals surface area contributed by atoms with Crippen LogP contribution in [0.2, 0.25) is 0 Å². The number of guanidine groups is 1. The molecule has 0 radical (unpaired) electrons. The maximum Gasteiger partial charge on any atom is 0.241 e. The van der Waals surface area contributed by atoms with Crippen molar-refractivity contribution in [3.8, 4) is 0 Å². The normalized spacial score (nSPS) is 17.7. The Morgan fingerprint density at radius 3 is 2.62 bits per heavy atom. The fraction of sp³-hybridized carbons (Fsp3) is 0.632. The third-order valence-electron chi connectivity index (χ3n) is 4.87. The molecule has 0 aliphatic carbocycles. The van der Waals surface area contributed by atoms with E-state index in [1.54, 1.807) is 0 Å². The number of hydrogen-bond acceptors (Lipinski definition) is 4. The standard InChI is InChI=1S/C19H30N6O/c1-2-20-19(23-15-18(26)25-11-5-6-12-25)22-14-16-7-8-21-17(13-16)24-9-3-4-10-24/h7-8,13H,2-6,9-12,14-15H2,1H3,(H2,20,22,23). The number of pyridine rings is 1. The summed E-state index contributed by atoms with van der Waals surface area (Å²) in [4.78, 5) is 25.5. The molecule has 7 nitrogen and oxygen atoms in total. The Hall–Kier alpha value is -2.31. The molecule has 2 N–H and O–H groups in total. The van der Waals surface area contributed by atoms with Gasteiger partial charge in [-0.05, 0) is 50.3 Å². The second-order valence-electron chi connectivity index (χ2n) is 6.85. The van der Waals surface area contributed by atoms with Crippen LogP contribution >= 0.6 is 0 Å². The van der Waals surface area contributed by atoms with E-state index in [9.17, 15) is 4.79 Å². The number of nitrogens with zero attached hydrogens (tertiary/aromatic N) is 4. The Balaban J connectivity index is 1.56. The highest BCUT2D eigenvalue weighted by Gasteiger charge is 2.17. The average molecular weight is 358 g/mol. The zero-order valence-corrected chi connectivity index (χ0v) is 15.7. The Morgan fingerprint density at radius 1 is 1.15 bits per heavy atom. The van der Waals surface area contributed by atoms with Crippen molar-refractivity contribution in [1.29, 1.82) is 0 Å². The van der Waals surface area contributed by atoms with Gasteiger partial charge in [-0.2, -0.15) is 0 Å². The average Bonchev–Trinajstić information content (AvgIpc) is 3.38. The molecular formula is C19H30N6O. The van der Waals surface area contributed by atoms with E-state index in [1.807, 2.05) is 24.1 Å². The molecule has 2 aliphatic heterocycles. The highest BCUT2D eigenvalue weighted by molar-refractivity contribution is 5.86. The van der Waals surface area contributed by atoms with Crippen LogP contribution in [0.25, 0.3) is 0 Å². The first-order chi connectivity index (χ1) is 12.8. The summed E-state index contributed by atoms with van der Waals surface area (Å²) in [6.07, 6.45) is 6.56. The number of carbonyl (C=O) groups is 1. The number of anilines is 1. The summed E-state index contributed by atoms with van der Waals surface area (Å²) >= 11 is 0. The number of likely N-dealkylation sites (tertiary alicyclic amines) is 1. The molecule has 2 aliphatic rings. The number of aliphatic imine (C=N–C) groups is 1. The molecule has 0 saturated carbocycles. The van der Waals surface area contributed by atoms with Crippen molar-refractivity contribution in [3.63, 3.8) is 0 Å². The lowest BCUT2D eigenvalue weighted by Crippen LogP contribution is -2.44. The Bertz CT molecular complexity index is 620. The van der Waals surface area contributed by atoms with Gasteiger partial charge in [0.2, 0.25) is 5.91 Å². The van der Waals surface area contributed by atoms with Gasteiger partial charge >= 0.3 is 0 Å². The first-order valence-electron chi connectivity index (χ1n) is 9.76. The van der Waals surface area contributed by atoms with E-state index >= 15 is 0 Å². The quantitative estimate of drug-likeness (QED) is 0.593. The SMILES string of the molecule is CCNC(=NCc1ccnc(N2CCCC2)c1)NCC(=O)N1CCCC1. The van der Waals surface area contributed by atoms with Crippen molar-refractivity contribution in [2.24, 2.45) is 4.99 Å². The summed E-state index contributed by atoms with van der Waals surface area (Å²) in [6, 6.07) is 4.12. The molecule has 7 heteroatoms. The van der Waals surface area contributed by atoms with Crippen LogP contribution in [0.1, 0.15) is 38.2 Å². The predicted molar refractivity (Wildman–Crippen MR) is 104 cm³/mol. The molecule has 2 saturated heterocycles. The minimum atomic E-state index is 0.147. The van der Waals surface area contributed by atoms with Gasteiger partial charge in [0.15, 0.2) is 5.96 Å². The van der Waals surface area contributed by atoms with Gasteiger partial charge < -0.3 is 20.4 Å². The molecule has 2 fully saturated rings. The van der Waals surface area contributed by atoms with E-state index in [4.69, 9.17) is 0 Å². The first kappa shape index (κ1) is 18.5. The zero-order valence-electron chi connectivity index (χ0n) is 15.7. The van der Waals surface area contributed by atoms with E-state index in [1.165, 1.54) is 12.8 Å². The van der Waals surface area contributed by atoms with Gasteiger partial charge in [0.1, 0.15) is 5.82 Å². The Labute approximate surface area is 155 Å². The Kier molecular flexibility index (Phi) is 6.68. The van der Waals surface area contributed by atoms with Gasteiger partial charge in [-0.25, -0.2) is 9.98 Å². The van der Waals surface area contributed by atoms with Crippen LogP contribution in [0.3, 0.4) is 0 Å². The zero-order chi connectivity index (χ0) is 18.2. The first-order valence-corrected chi connectivity index (χ1v) is 9.76. The van der Waals surface area contributed by atoms with Crippen LogP contribution in [0, 0.1) is 0 Å². The minimum Gasteiger partial charge on any atom is -0.357 e. The lowest BCUT2D eigenvalue weighted by atomic mass is 10.2. The van der Waals surface area contributed by atoms with Crippen LogP contribution in [-0.4, -0.2) is 61.0 Å². The number of hydrogen-bond donors (Lipinski definition) is 2. The number of aromatic nitrogens is 1. The maximum atomic E-state index is 12.2. The molecule has 0 bridgehead atoms. The van der Waals surface area contributed by atoms with Gasteiger partial charge in [-0.15, -0.1) is 0 Å². The fourth-order valence-corrected chi connectivity index (χ4v) is 3.43. The molecule has 0 aromatic carbocycles. The van der Waals surface area contributed by atoms with E-state index < -0.39 is 0 Å². The van der Waals surface area contributed by atoms with Gasteiger partial charge in [-0.1, -0.05) is 0 Å². The summed E-state index contributed by atoms with van der Waals surface area (Å²) in [5, 5.41) is 6.37. The molecule has 3 heterocycles. The van der Waals surface area contributed by atoms with Crippen molar-refractivity contribution >= 4 is 17.7 Å². The van der Waals surface area contributed by atoms with Crippen molar-refractivity contribution in [3.05, 3.63) is 23.9 Å². The summed E-state index contributed by atoms with van der Waals surface area (Å²) in [5.74, 6) is 1.87. The molecule has 1 aromatic heterocycles. The highest BCUT2D eigenvalue weighted by atomic mass is 16.2. The minimum absolute atomic E-state index is 0.147. The number of carbonyl (C=O) groups excluding carboxylic acids is 1. The highest BCUT2D eigenvalue weighted by Crippen LogP contribution is 2.18. The molecule has 1 amide bonds. The second-order valence-corrected chi connectivity index (χ2v) is 6.85. The molecule has 26 heavy (non-hydrogen) atoms. The van der Waals surface area contributed by atoms with Crippen LogP contribution in [-0.2, 0) is 11.3 Å². The third kappa shape index (κ3) is 5.09. The van der Waals surface area contributed by atoms with Crippen molar-refractivity contribution in [2.45, 2.75) is 39.2 Å². The van der Waals surface area contributed by atoms with E-state index in [0.29, 0.717) is 19.0 Å². The van der Waals surface area contributed by atoms with Gasteiger partial charge in [0.25, 0.3) is 0 Å². The predicted octanol–water partition coefficient (Wildman–Crippen LogP) is 1.36. The topological polar surface area (TPSA) is 72.9 Å². The number of rotatable bonds is 6. The molecular weight excluding hydrogens is 328 g/mol. The third-order valence-corrected chi connectivity index (χ3v) is 4.87. The van der Waals surface area contributed by atoms with Gasteiger partial charge in [0, 0.05) is 38.9 Å². The number of nitrogens with one attached hydrogen (secondary N) is 2. The number of amides is 1. The Morgan fingerprint density at radius 2 is 1.88 bits per heavy atom. The summed E-state index contributed by atoms with van der Waals surface area (Å²) in [6.45, 7) is 7.58. The van der Waals surface area contributed by atoms with E-state index in [0.717, 1.165) is 56.9 Å². The largest absolute Gasteiger partial charge is 0.357 e. The van der Waals surface area contributed by atoms with E-state index in [-0.39, 0.29) is 5.91 Å². The van der Waals surface area contributed by atoms with Gasteiger partial charge in [-0.3, -0.25) is 4.79 Å². The van der Waals surface area contributed by atoms with E-state index in [2.05, 4.69) is 31.6 Å². The lowest BCUT2D eigenvalue weighted by molar-refractivity contribution is -0.128. The second kappa shape index (κ2) is 9.40. The summed E-state index contributed by atoms with van der Waals surface area (Å²) in [7, 11) is 0. The lowest BCUT2D eigenvalue weighted by Gasteiger charge is -2.17. The fourth-order valence-electron chi connectivity index (χ4n) is 3.43. The smallest absolute Gasteiger partial charge is 0.241 e. The molecule has 3 rings (SSSR count). The van der Waals surface area contributed by atoms with Crippen LogP contribution in [0.5, 0.6) is 0 Å². The molecule has 0 atom stereocenters. The van der Waals surface area contributed by atoms with Crippen LogP contribution in [0.4, 0.5) is 5.82 Å². The molecule has 0 unspecified atom stereocenters. The summed E-state index contributed by atoms with van der Waals surface area (Å²) < 4.78 is 0. The van der Waals surface area contributed by atoms with Crippen molar-refractivity contribution < 1.29 is 4.79 Å². The van der Waals surface area contributed by atoms with Crippen molar-refractivity contribution in [2.75, 3.05) is 44.2 Å². The van der Waals surface area contributed by atoms with Gasteiger partial charge in [0.05, 0.1) is 13.1 Å². The molecule has 142 valence electrons. The van der Waals surface area contributed by atoms with Crippen molar-refractivity contribution in [1.82, 2.24) is 20.5 Å². The summed E-state index contributed by atoms with van der Waals surface area (Å²) in [5.41, 5.74) is 1.13. The molecule has 0 spiro atoms. The van der Waals surface area contributed by atoms with Crippen LogP contribution < -0.4 is 15.5 Å². The monoisotopic (exact) mass is 358 g/mol. The maximum absolute atomic E-state index is 12.2. The molecule has 1 aromatic rings.